The molecule has 5 heteroatoms. The normalized spacial score (nSPS) is 14.3. The topological polar surface area (TPSA) is 34.0 Å². The second-order valence-corrected chi connectivity index (χ2v) is 6.45. The van der Waals surface area contributed by atoms with E-state index in [-0.39, 0.29) is 5.91 Å². The molecule has 3 rings (SSSR count). The lowest BCUT2D eigenvalue weighted by Gasteiger charge is -2.11. The smallest absolute Gasteiger partial charge is 0.272 e. The molecule has 1 aliphatic carbocycles. The van der Waals surface area contributed by atoms with Crippen LogP contribution in [0.25, 0.3) is 0 Å². The molecule has 1 N–H and O–H groups in total. The highest BCUT2D eigenvalue weighted by atomic mass is 79.9. The van der Waals surface area contributed by atoms with Gasteiger partial charge in [0.25, 0.3) is 5.91 Å². The van der Waals surface area contributed by atoms with Crippen LogP contribution in [-0.2, 0) is 0 Å². The molecule has 0 aliphatic heterocycles. The summed E-state index contributed by atoms with van der Waals surface area (Å²) in [6.07, 6.45) is 4.24. The van der Waals surface area contributed by atoms with Gasteiger partial charge >= 0.3 is 0 Å². The molecule has 1 aromatic heterocycles. The van der Waals surface area contributed by atoms with Gasteiger partial charge in [-0.05, 0) is 59.5 Å². The highest BCUT2D eigenvalue weighted by molar-refractivity contribution is 9.10. The Labute approximate surface area is 131 Å². The van der Waals surface area contributed by atoms with Gasteiger partial charge in [0, 0.05) is 27.4 Å². The first-order chi connectivity index (χ1) is 9.54. The van der Waals surface area contributed by atoms with Crippen molar-refractivity contribution in [1.82, 2.24) is 4.57 Å². The first kappa shape index (κ1) is 13.7. The number of aryl methyl sites for hydroxylation is 1. The number of aromatic nitrogens is 1. The Morgan fingerprint density at radius 1 is 1.40 bits per heavy atom. The zero-order valence-corrected chi connectivity index (χ0v) is 13.3. The fraction of sp³-hybridized carbons (Fsp3) is 0.267. The summed E-state index contributed by atoms with van der Waals surface area (Å²) in [5, 5.41) is 3.55. The Hall–Kier alpha value is -1.26. The Balaban J connectivity index is 1.87. The third-order valence-corrected chi connectivity index (χ3v) is 4.10. The van der Waals surface area contributed by atoms with Gasteiger partial charge in [-0.1, -0.05) is 17.7 Å². The van der Waals surface area contributed by atoms with Crippen LogP contribution >= 0.6 is 27.5 Å². The number of halogens is 2. The van der Waals surface area contributed by atoms with Crippen molar-refractivity contribution in [3.05, 3.63) is 51.2 Å². The highest BCUT2D eigenvalue weighted by Gasteiger charge is 2.27. The van der Waals surface area contributed by atoms with E-state index in [0.717, 1.165) is 28.6 Å². The average molecular weight is 354 g/mol. The molecule has 20 heavy (non-hydrogen) atoms. The number of nitrogens with zero attached hydrogens (tertiary/aromatic N) is 1. The summed E-state index contributed by atoms with van der Waals surface area (Å²) < 4.78 is 2.97. The monoisotopic (exact) mass is 352 g/mol. The van der Waals surface area contributed by atoms with E-state index < -0.39 is 0 Å². The third-order valence-electron chi connectivity index (χ3n) is 3.44. The summed E-state index contributed by atoms with van der Waals surface area (Å²) in [7, 11) is 0. The second-order valence-electron chi connectivity index (χ2n) is 5.10. The van der Waals surface area contributed by atoms with E-state index in [2.05, 4.69) is 21.2 Å². The van der Waals surface area contributed by atoms with E-state index >= 15 is 0 Å². The summed E-state index contributed by atoms with van der Waals surface area (Å²) in [5.74, 6) is -0.104. The molecule has 104 valence electrons. The van der Waals surface area contributed by atoms with Crippen molar-refractivity contribution in [2.75, 3.05) is 5.32 Å². The second kappa shape index (κ2) is 5.26. The largest absolute Gasteiger partial charge is 0.339 e. The van der Waals surface area contributed by atoms with Crippen LogP contribution in [0.4, 0.5) is 5.69 Å². The number of carbonyl (C=O) groups excluding carboxylic acids is 1. The van der Waals surface area contributed by atoms with Crippen LogP contribution in [0.15, 0.2) is 34.9 Å². The number of amides is 1. The standard InChI is InChI=1S/C15H14BrClN2O/c1-9-2-3-11(17)7-13(9)18-15(20)14-6-10(16)8-19(14)12-4-5-12/h2-3,6-8,12H,4-5H2,1H3,(H,18,20). The van der Waals surface area contributed by atoms with Crippen molar-refractivity contribution in [1.29, 1.82) is 0 Å². The highest BCUT2D eigenvalue weighted by Crippen LogP contribution is 2.37. The van der Waals surface area contributed by atoms with Crippen molar-refractivity contribution >= 4 is 39.1 Å². The molecule has 0 unspecified atom stereocenters. The van der Waals surface area contributed by atoms with Crippen LogP contribution < -0.4 is 5.32 Å². The zero-order chi connectivity index (χ0) is 14.3. The third kappa shape index (κ3) is 2.76. The average Bonchev–Trinajstić information content (AvgIpc) is 3.17. The summed E-state index contributed by atoms with van der Waals surface area (Å²) in [6, 6.07) is 7.80. The molecule has 2 aromatic rings. The van der Waals surface area contributed by atoms with E-state index in [1.54, 1.807) is 6.07 Å². The number of nitrogens with one attached hydrogen (secondary N) is 1. The number of rotatable bonds is 3. The zero-order valence-electron chi connectivity index (χ0n) is 11.0. The van der Waals surface area contributed by atoms with Crippen molar-refractivity contribution in [2.45, 2.75) is 25.8 Å². The van der Waals surface area contributed by atoms with Gasteiger partial charge < -0.3 is 9.88 Å². The lowest BCUT2D eigenvalue weighted by Crippen LogP contribution is -2.16. The molecule has 0 spiro atoms. The lowest BCUT2D eigenvalue weighted by atomic mass is 10.2. The van der Waals surface area contributed by atoms with Gasteiger partial charge in [-0.15, -0.1) is 0 Å². The van der Waals surface area contributed by atoms with Crippen molar-refractivity contribution < 1.29 is 4.79 Å². The minimum absolute atomic E-state index is 0.104. The van der Waals surface area contributed by atoms with Crippen LogP contribution in [0.3, 0.4) is 0 Å². The number of anilines is 1. The molecule has 0 radical (unpaired) electrons. The summed E-state index contributed by atoms with van der Waals surface area (Å²) in [4.78, 5) is 12.4. The van der Waals surface area contributed by atoms with Gasteiger partial charge in [-0.25, -0.2) is 0 Å². The quantitative estimate of drug-likeness (QED) is 0.845. The van der Waals surface area contributed by atoms with Gasteiger partial charge in [-0.2, -0.15) is 0 Å². The molecular formula is C15H14BrClN2O. The molecule has 1 aromatic carbocycles. The van der Waals surface area contributed by atoms with Gasteiger partial charge in [-0.3, -0.25) is 4.79 Å². The Kier molecular flexibility index (Phi) is 3.61. The minimum Gasteiger partial charge on any atom is -0.339 e. The van der Waals surface area contributed by atoms with Crippen molar-refractivity contribution in [3.63, 3.8) is 0 Å². The molecule has 1 amide bonds. The maximum absolute atomic E-state index is 12.4. The fourth-order valence-electron chi connectivity index (χ4n) is 2.20. The van der Waals surface area contributed by atoms with E-state index in [1.807, 2.05) is 35.9 Å². The predicted octanol–water partition coefficient (Wildman–Crippen LogP) is 4.80. The van der Waals surface area contributed by atoms with Crippen LogP contribution in [0.2, 0.25) is 5.02 Å². The van der Waals surface area contributed by atoms with Crippen LogP contribution in [0.5, 0.6) is 0 Å². The predicted molar refractivity (Wildman–Crippen MR) is 84.5 cm³/mol. The number of hydrogen-bond acceptors (Lipinski definition) is 1. The summed E-state index contributed by atoms with van der Waals surface area (Å²) in [6.45, 7) is 1.95. The number of carbonyl (C=O) groups is 1. The molecular weight excluding hydrogens is 340 g/mol. The van der Waals surface area contributed by atoms with Crippen LogP contribution in [0, 0.1) is 6.92 Å². The molecule has 1 fully saturated rings. The van der Waals surface area contributed by atoms with Crippen LogP contribution in [0.1, 0.15) is 34.9 Å². The molecule has 0 saturated heterocycles. The Bertz CT molecular complexity index is 677. The molecule has 0 bridgehead atoms. The molecule has 1 heterocycles. The van der Waals surface area contributed by atoms with Crippen molar-refractivity contribution in [3.8, 4) is 0 Å². The molecule has 0 atom stereocenters. The van der Waals surface area contributed by atoms with Gasteiger partial charge in [0.15, 0.2) is 0 Å². The van der Waals surface area contributed by atoms with Gasteiger partial charge in [0.2, 0.25) is 0 Å². The maximum atomic E-state index is 12.4. The Morgan fingerprint density at radius 2 is 2.15 bits per heavy atom. The van der Waals surface area contributed by atoms with Gasteiger partial charge in [0.05, 0.1) is 0 Å². The number of hydrogen-bond donors (Lipinski definition) is 1. The first-order valence-corrected chi connectivity index (χ1v) is 7.66. The number of benzene rings is 1. The summed E-state index contributed by atoms with van der Waals surface area (Å²) in [5.41, 5.74) is 2.42. The van der Waals surface area contributed by atoms with Crippen molar-refractivity contribution in [2.24, 2.45) is 0 Å². The van der Waals surface area contributed by atoms with E-state index in [0.29, 0.717) is 16.8 Å². The maximum Gasteiger partial charge on any atom is 0.272 e. The minimum atomic E-state index is -0.104. The van der Waals surface area contributed by atoms with E-state index in [4.69, 9.17) is 11.6 Å². The molecule has 1 aliphatic rings. The summed E-state index contributed by atoms with van der Waals surface area (Å²) >= 11 is 9.42. The molecule has 3 nitrogen and oxygen atoms in total. The SMILES string of the molecule is Cc1ccc(Cl)cc1NC(=O)c1cc(Br)cn1C1CC1. The molecule has 1 saturated carbocycles. The fourth-order valence-corrected chi connectivity index (χ4v) is 2.81. The van der Waals surface area contributed by atoms with E-state index in [1.165, 1.54) is 0 Å². The first-order valence-electron chi connectivity index (χ1n) is 6.49. The lowest BCUT2D eigenvalue weighted by molar-refractivity contribution is 0.101. The Morgan fingerprint density at radius 3 is 2.85 bits per heavy atom. The van der Waals surface area contributed by atoms with Crippen LogP contribution in [-0.4, -0.2) is 10.5 Å². The van der Waals surface area contributed by atoms with E-state index in [9.17, 15) is 4.79 Å². The van der Waals surface area contributed by atoms with Gasteiger partial charge in [0.1, 0.15) is 5.69 Å².